The van der Waals surface area contributed by atoms with E-state index in [0.717, 1.165) is 32.1 Å². The van der Waals surface area contributed by atoms with E-state index in [0.29, 0.717) is 57.7 Å². The third-order valence-electron chi connectivity index (χ3n) is 10.0. The van der Waals surface area contributed by atoms with Gasteiger partial charge in [0.05, 0.1) is 6.10 Å². The predicted molar refractivity (Wildman–Crippen MR) is 186 cm³/mol. The first-order chi connectivity index (χ1) is 24.3. The van der Waals surface area contributed by atoms with Crippen LogP contribution in [0.3, 0.4) is 0 Å². The van der Waals surface area contributed by atoms with E-state index in [1.54, 1.807) is 11.8 Å². The van der Waals surface area contributed by atoms with E-state index in [-0.39, 0.29) is 23.9 Å². The summed E-state index contributed by atoms with van der Waals surface area (Å²) in [6.45, 7) is 9.72. The van der Waals surface area contributed by atoms with Crippen LogP contribution >= 0.6 is 0 Å². The van der Waals surface area contributed by atoms with Crippen LogP contribution < -0.4 is 21.3 Å². The molecule has 0 radical (unpaired) electrons. The van der Waals surface area contributed by atoms with Crippen LogP contribution in [-0.4, -0.2) is 112 Å². The third kappa shape index (κ3) is 13.3. The first-order valence-corrected chi connectivity index (χ1v) is 18.7. The number of piperidine rings is 1. The lowest BCUT2D eigenvalue weighted by Gasteiger charge is -2.38. The molecule has 5 N–H and O–H groups in total. The topological polar surface area (TPSA) is 211 Å². The molecule has 6 amide bonds. The molecule has 51 heavy (non-hydrogen) atoms. The van der Waals surface area contributed by atoms with Gasteiger partial charge in [-0.2, -0.15) is 9.59 Å². The molecule has 3 fully saturated rings. The lowest BCUT2D eigenvalue weighted by Crippen LogP contribution is -2.61. The van der Waals surface area contributed by atoms with Crippen molar-refractivity contribution in [2.24, 2.45) is 11.8 Å². The van der Waals surface area contributed by atoms with E-state index in [9.17, 15) is 33.9 Å². The average molecular weight is 721 g/mol. The van der Waals surface area contributed by atoms with Gasteiger partial charge in [-0.1, -0.05) is 52.9 Å². The summed E-state index contributed by atoms with van der Waals surface area (Å²) >= 11 is 0. The second-order valence-electron chi connectivity index (χ2n) is 14.4. The maximum atomic E-state index is 13.9. The summed E-state index contributed by atoms with van der Waals surface area (Å²) in [5.41, 5.74) is 0. The number of aliphatic hydroxyl groups excluding tert-OH is 1. The van der Waals surface area contributed by atoms with Crippen molar-refractivity contribution >= 4 is 41.6 Å². The Morgan fingerprint density at radius 3 is 1.86 bits per heavy atom. The van der Waals surface area contributed by atoms with Crippen molar-refractivity contribution in [1.29, 1.82) is 0 Å². The van der Waals surface area contributed by atoms with Crippen LogP contribution in [0, 0.1) is 11.8 Å². The van der Waals surface area contributed by atoms with Crippen molar-refractivity contribution < 1.29 is 43.5 Å². The fourth-order valence-electron chi connectivity index (χ4n) is 7.15. The highest BCUT2D eigenvalue weighted by Crippen LogP contribution is 2.27. The van der Waals surface area contributed by atoms with E-state index in [4.69, 9.17) is 9.59 Å². The van der Waals surface area contributed by atoms with E-state index in [1.165, 1.54) is 31.1 Å². The molecule has 3 aliphatic rings. The van der Waals surface area contributed by atoms with Gasteiger partial charge in [0.2, 0.25) is 35.4 Å². The Bertz CT molecular complexity index is 1220. The molecule has 0 aromatic carbocycles. The van der Waals surface area contributed by atoms with Crippen LogP contribution in [0.2, 0.25) is 0 Å². The molecular formula is C36H60N6O9. The molecule has 0 unspecified atom stereocenters. The lowest BCUT2D eigenvalue weighted by molar-refractivity contribution is -0.191. The van der Waals surface area contributed by atoms with Gasteiger partial charge >= 0.3 is 6.15 Å². The summed E-state index contributed by atoms with van der Waals surface area (Å²) in [7, 11) is 0. The molecule has 2 aliphatic heterocycles. The Morgan fingerprint density at radius 1 is 0.725 bits per heavy atom. The number of nitrogens with one attached hydrogen (secondary N) is 4. The zero-order chi connectivity index (χ0) is 38.1. The standard InChI is InChI=1S/C35H60N6O7.CO2/c1-6-19-36-33(46)30(24(5)42)39-32(45)27-16-12-21-40(27)34(47)23(4)37-31(44)26-15-10-11-20-41(26)35(48)29(22(2)3)38-28(43)18-17-25-13-8-7-9-14-25;2-1-3/h22-27,29-30,42H,6-21H2,1-5H3,(H,36,46)(H,37,44)(H,38,43)(H,39,45);/t23-,24+,26-,27-,29-,30-;/m0./s1. The van der Waals surface area contributed by atoms with Crippen molar-refractivity contribution in [3.8, 4) is 0 Å². The Morgan fingerprint density at radius 2 is 1.27 bits per heavy atom. The van der Waals surface area contributed by atoms with E-state index in [2.05, 4.69) is 21.3 Å². The van der Waals surface area contributed by atoms with Gasteiger partial charge in [-0.25, -0.2) is 0 Å². The van der Waals surface area contributed by atoms with Crippen LogP contribution in [0.25, 0.3) is 0 Å². The van der Waals surface area contributed by atoms with Crippen molar-refractivity contribution in [3.63, 3.8) is 0 Å². The maximum Gasteiger partial charge on any atom is 0.373 e. The third-order valence-corrected chi connectivity index (χ3v) is 10.0. The molecule has 0 spiro atoms. The van der Waals surface area contributed by atoms with Crippen molar-refractivity contribution in [1.82, 2.24) is 31.1 Å². The molecule has 0 aromatic heterocycles. The Hall–Kier alpha value is -3.84. The summed E-state index contributed by atoms with van der Waals surface area (Å²) < 4.78 is 0. The molecule has 2 heterocycles. The second kappa shape index (κ2) is 22.2. The molecule has 0 aromatic rings. The van der Waals surface area contributed by atoms with Gasteiger partial charge in [0.15, 0.2) is 0 Å². The molecule has 1 aliphatic carbocycles. The molecular weight excluding hydrogens is 660 g/mol. The number of rotatable bonds is 15. The number of aliphatic hydroxyl groups is 1. The summed E-state index contributed by atoms with van der Waals surface area (Å²) in [4.78, 5) is 98.9. The van der Waals surface area contributed by atoms with Crippen molar-refractivity contribution in [2.45, 2.75) is 154 Å². The zero-order valence-electron chi connectivity index (χ0n) is 31.0. The fraction of sp³-hybridized carbons (Fsp3) is 0.806. The molecule has 0 bridgehead atoms. The van der Waals surface area contributed by atoms with Crippen LogP contribution in [0.1, 0.15) is 118 Å². The Kier molecular flexibility index (Phi) is 18.8. The normalized spacial score (nSPS) is 21.5. The Balaban J connectivity index is 0.00000290. The maximum absolute atomic E-state index is 13.9. The number of hydrogen-bond acceptors (Lipinski definition) is 9. The minimum atomic E-state index is -1.16. The van der Waals surface area contributed by atoms with Crippen LogP contribution in [-0.2, 0) is 38.4 Å². The largest absolute Gasteiger partial charge is 0.391 e. The summed E-state index contributed by atoms with van der Waals surface area (Å²) in [5.74, 6) is -1.98. The lowest BCUT2D eigenvalue weighted by atomic mass is 9.86. The summed E-state index contributed by atoms with van der Waals surface area (Å²) in [5, 5.41) is 21.2. The smallest absolute Gasteiger partial charge is 0.373 e. The molecule has 2 saturated heterocycles. The van der Waals surface area contributed by atoms with Crippen LogP contribution in [0.4, 0.5) is 0 Å². The van der Waals surface area contributed by atoms with Gasteiger partial charge in [0.1, 0.15) is 30.2 Å². The minimum Gasteiger partial charge on any atom is -0.391 e. The average Bonchev–Trinajstić information content (AvgIpc) is 3.61. The molecule has 3 rings (SSSR count). The number of carbonyl (C=O) groups excluding carboxylic acids is 8. The number of nitrogens with zero attached hydrogens (tertiary/aromatic N) is 2. The molecule has 6 atom stereocenters. The van der Waals surface area contributed by atoms with E-state index < -0.39 is 59.9 Å². The van der Waals surface area contributed by atoms with Gasteiger partial charge in [-0.3, -0.25) is 28.8 Å². The zero-order valence-corrected chi connectivity index (χ0v) is 31.0. The quantitative estimate of drug-likeness (QED) is 0.164. The monoisotopic (exact) mass is 720 g/mol. The van der Waals surface area contributed by atoms with Gasteiger partial charge in [0, 0.05) is 26.1 Å². The first kappa shape index (κ1) is 43.3. The second-order valence-corrected chi connectivity index (χ2v) is 14.4. The molecule has 15 nitrogen and oxygen atoms in total. The highest BCUT2D eigenvalue weighted by Gasteiger charge is 2.41. The molecule has 1 saturated carbocycles. The number of carbonyl (C=O) groups is 6. The van der Waals surface area contributed by atoms with Gasteiger partial charge in [-0.05, 0) is 70.6 Å². The number of amides is 6. The van der Waals surface area contributed by atoms with Crippen LogP contribution in [0.15, 0.2) is 0 Å². The van der Waals surface area contributed by atoms with Crippen molar-refractivity contribution in [3.05, 3.63) is 0 Å². The van der Waals surface area contributed by atoms with E-state index in [1.807, 2.05) is 20.8 Å². The van der Waals surface area contributed by atoms with Gasteiger partial charge in [-0.15, -0.1) is 0 Å². The number of hydrogen-bond donors (Lipinski definition) is 5. The predicted octanol–water partition coefficient (Wildman–Crippen LogP) is 1.17. The first-order valence-electron chi connectivity index (χ1n) is 18.7. The van der Waals surface area contributed by atoms with Gasteiger partial charge in [0.25, 0.3) is 0 Å². The van der Waals surface area contributed by atoms with Crippen molar-refractivity contribution in [2.75, 3.05) is 19.6 Å². The number of likely N-dealkylation sites (tertiary alicyclic amines) is 2. The minimum absolute atomic E-state index is 0.143. The fourth-order valence-corrected chi connectivity index (χ4v) is 7.15. The summed E-state index contributed by atoms with van der Waals surface area (Å²) in [6, 6.07) is -4.52. The highest BCUT2D eigenvalue weighted by atomic mass is 16.3. The van der Waals surface area contributed by atoms with Gasteiger partial charge < -0.3 is 36.2 Å². The molecule has 288 valence electrons. The van der Waals surface area contributed by atoms with E-state index >= 15 is 0 Å². The highest BCUT2D eigenvalue weighted by molar-refractivity contribution is 5.96. The molecule has 15 heteroatoms. The Labute approximate surface area is 301 Å². The van der Waals surface area contributed by atoms with Crippen LogP contribution in [0.5, 0.6) is 0 Å². The SMILES string of the molecule is CCCNC(=O)[C@@H](NC(=O)[C@@H]1CCCN1C(=O)[C@H](C)NC(=O)[C@@H]1CCCCN1C(=O)[C@@H](NC(=O)CCC1CCCCC1)C(C)C)[C@@H](C)O.O=C=O. The summed E-state index contributed by atoms with van der Waals surface area (Å²) in [6.07, 6.45) is 9.86.